The summed E-state index contributed by atoms with van der Waals surface area (Å²) in [5.41, 5.74) is 0. The van der Waals surface area contributed by atoms with Gasteiger partial charge in [-0.25, -0.2) is 0 Å². The van der Waals surface area contributed by atoms with E-state index in [4.69, 9.17) is 0 Å². The van der Waals surface area contributed by atoms with E-state index in [9.17, 15) is 0 Å². The summed E-state index contributed by atoms with van der Waals surface area (Å²) in [6.45, 7) is 2.50. The highest BCUT2D eigenvalue weighted by molar-refractivity contribution is 4.84. The van der Waals surface area contributed by atoms with Gasteiger partial charge in [-0.05, 0) is 71.1 Å². The van der Waals surface area contributed by atoms with Crippen molar-refractivity contribution in [2.24, 2.45) is 11.8 Å². The molecule has 2 rings (SSSR count). The van der Waals surface area contributed by atoms with Crippen LogP contribution in [-0.2, 0) is 0 Å². The topological polar surface area (TPSA) is 15.3 Å². The number of nitrogens with one attached hydrogen (secondary N) is 1. The monoisotopic (exact) mass is 224 g/mol. The molecule has 2 heteroatoms. The SMILES string of the molecule is CN(C)C(CC1CCCNC1)C1CCCC1. The fourth-order valence-electron chi connectivity index (χ4n) is 3.63. The van der Waals surface area contributed by atoms with Crippen LogP contribution in [-0.4, -0.2) is 38.1 Å². The maximum absolute atomic E-state index is 3.55. The second-order valence-corrected chi connectivity index (χ2v) is 6.02. The van der Waals surface area contributed by atoms with Crippen molar-refractivity contribution in [2.45, 2.75) is 51.0 Å². The van der Waals surface area contributed by atoms with Crippen LogP contribution in [0.5, 0.6) is 0 Å². The van der Waals surface area contributed by atoms with Crippen molar-refractivity contribution in [3.05, 3.63) is 0 Å². The van der Waals surface area contributed by atoms with Crippen molar-refractivity contribution in [1.29, 1.82) is 0 Å². The van der Waals surface area contributed by atoms with Crippen LogP contribution < -0.4 is 5.32 Å². The molecular formula is C14H28N2. The van der Waals surface area contributed by atoms with Crippen molar-refractivity contribution in [1.82, 2.24) is 10.2 Å². The van der Waals surface area contributed by atoms with E-state index in [1.807, 2.05) is 0 Å². The van der Waals surface area contributed by atoms with E-state index in [1.165, 1.54) is 58.0 Å². The third-order valence-electron chi connectivity index (χ3n) is 4.58. The van der Waals surface area contributed by atoms with Gasteiger partial charge in [0.15, 0.2) is 0 Å². The standard InChI is InChI=1S/C14H28N2/c1-16(2)14(13-7-3-4-8-13)10-12-6-5-9-15-11-12/h12-15H,3-11H2,1-2H3. The first-order valence-electron chi connectivity index (χ1n) is 7.14. The van der Waals surface area contributed by atoms with Gasteiger partial charge in [-0.2, -0.15) is 0 Å². The zero-order valence-corrected chi connectivity index (χ0v) is 11.0. The lowest BCUT2D eigenvalue weighted by atomic mass is 9.85. The lowest BCUT2D eigenvalue weighted by molar-refractivity contribution is 0.163. The van der Waals surface area contributed by atoms with Crippen molar-refractivity contribution in [3.8, 4) is 0 Å². The van der Waals surface area contributed by atoms with Gasteiger partial charge in [0, 0.05) is 6.04 Å². The molecular weight excluding hydrogens is 196 g/mol. The summed E-state index contributed by atoms with van der Waals surface area (Å²) in [7, 11) is 4.55. The van der Waals surface area contributed by atoms with Gasteiger partial charge in [-0.15, -0.1) is 0 Å². The van der Waals surface area contributed by atoms with Crippen LogP contribution in [0.4, 0.5) is 0 Å². The Labute approximate surface area is 101 Å². The summed E-state index contributed by atoms with van der Waals surface area (Å²) in [4.78, 5) is 2.49. The number of piperidine rings is 1. The Balaban J connectivity index is 1.85. The minimum Gasteiger partial charge on any atom is -0.316 e. The fourth-order valence-corrected chi connectivity index (χ4v) is 3.63. The summed E-state index contributed by atoms with van der Waals surface area (Å²) in [6, 6.07) is 0.840. The molecule has 0 radical (unpaired) electrons. The third-order valence-corrected chi connectivity index (χ3v) is 4.58. The lowest BCUT2D eigenvalue weighted by Gasteiger charge is -2.34. The molecule has 1 saturated carbocycles. The summed E-state index contributed by atoms with van der Waals surface area (Å²) in [5, 5.41) is 3.55. The normalized spacial score (nSPS) is 29.8. The molecule has 94 valence electrons. The average molecular weight is 224 g/mol. The molecule has 1 aliphatic heterocycles. The van der Waals surface area contributed by atoms with Crippen molar-refractivity contribution >= 4 is 0 Å². The average Bonchev–Trinajstić information content (AvgIpc) is 2.80. The van der Waals surface area contributed by atoms with Crippen LogP contribution in [0.3, 0.4) is 0 Å². The second-order valence-electron chi connectivity index (χ2n) is 6.02. The van der Waals surface area contributed by atoms with Gasteiger partial charge in [0.1, 0.15) is 0 Å². The lowest BCUT2D eigenvalue weighted by Crippen LogP contribution is -2.39. The summed E-state index contributed by atoms with van der Waals surface area (Å²) in [5.74, 6) is 1.92. The molecule has 0 spiro atoms. The zero-order valence-electron chi connectivity index (χ0n) is 11.0. The minimum absolute atomic E-state index is 0.840. The Morgan fingerprint density at radius 3 is 2.44 bits per heavy atom. The highest BCUT2D eigenvalue weighted by atomic mass is 15.1. The summed E-state index contributed by atoms with van der Waals surface area (Å²) >= 11 is 0. The number of hydrogen-bond donors (Lipinski definition) is 1. The number of rotatable bonds is 4. The first kappa shape index (κ1) is 12.4. The van der Waals surface area contributed by atoms with E-state index >= 15 is 0 Å². The summed E-state index contributed by atoms with van der Waals surface area (Å²) in [6.07, 6.45) is 10.1. The Morgan fingerprint density at radius 1 is 1.12 bits per heavy atom. The van der Waals surface area contributed by atoms with Crippen LogP contribution in [0.2, 0.25) is 0 Å². The Kier molecular flexibility index (Phi) is 4.66. The van der Waals surface area contributed by atoms with E-state index in [-0.39, 0.29) is 0 Å². The van der Waals surface area contributed by atoms with Gasteiger partial charge in [0.05, 0.1) is 0 Å². The molecule has 2 fully saturated rings. The summed E-state index contributed by atoms with van der Waals surface area (Å²) < 4.78 is 0. The zero-order chi connectivity index (χ0) is 11.4. The first-order chi connectivity index (χ1) is 7.77. The number of hydrogen-bond acceptors (Lipinski definition) is 2. The van der Waals surface area contributed by atoms with Crippen molar-refractivity contribution < 1.29 is 0 Å². The third kappa shape index (κ3) is 3.21. The maximum Gasteiger partial charge on any atom is 0.0120 e. The van der Waals surface area contributed by atoms with E-state index in [0.29, 0.717) is 0 Å². The maximum atomic E-state index is 3.55. The molecule has 2 aliphatic rings. The highest BCUT2D eigenvalue weighted by Crippen LogP contribution is 2.33. The smallest absolute Gasteiger partial charge is 0.0120 e. The number of nitrogens with zero attached hydrogens (tertiary/aromatic N) is 1. The van der Waals surface area contributed by atoms with Crippen LogP contribution in [0.1, 0.15) is 44.9 Å². The molecule has 0 aromatic heterocycles. The Bertz CT molecular complexity index is 191. The van der Waals surface area contributed by atoms with Crippen molar-refractivity contribution in [2.75, 3.05) is 27.2 Å². The molecule has 2 unspecified atom stereocenters. The van der Waals surface area contributed by atoms with Crippen molar-refractivity contribution in [3.63, 3.8) is 0 Å². The van der Waals surface area contributed by atoms with Crippen LogP contribution in [0, 0.1) is 11.8 Å². The van der Waals surface area contributed by atoms with Gasteiger partial charge in [0.2, 0.25) is 0 Å². The van der Waals surface area contributed by atoms with E-state index < -0.39 is 0 Å². The molecule has 0 bridgehead atoms. The molecule has 1 aliphatic carbocycles. The first-order valence-corrected chi connectivity index (χ1v) is 7.14. The fraction of sp³-hybridized carbons (Fsp3) is 1.00. The van der Waals surface area contributed by atoms with E-state index in [2.05, 4.69) is 24.3 Å². The molecule has 1 N–H and O–H groups in total. The van der Waals surface area contributed by atoms with Gasteiger partial charge in [-0.3, -0.25) is 0 Å². The van der Waals surface area contributed by atoms with E-state index in [0.717, 1.165) is 17.9 Å². The largest absolute Gasteiger partial charge is 0.316 e. The quantitative estimate of drug-likeness (QED) is 0.789. The van der Waals surface area contributed by atoms with E-state index in [1.54, 1.807) is 0 Å². The minimum atomic E-state index is 0.840. The highest BCUT2D eigenvalue weighted by Gasteiger charge is 2.29. The van der Waals surface area contributed by atoms with Crippen LogP contribution in [0.25, 0.3) is 0 Å². The molecule has 16 heavy (non-hydrogen) atoms. The van der Waals surface area contributed by atoms with Crippen LogP contribution in [0.15, 0.2) is 0 Å². The van der Waals surface area contributed by atoms with Crippen LogP contribution >= 0.6 is 0 Å². The molecule has 2 nitrogen and oxygen atoms in total. The Morgan fingerprint density at radius 2 is 1.88 bits per heavy atom. The van der Waals surface area contributed by atoms with Gasteiger partial charge in [-0.1, -0.05) is 12.8 Å². The molecule has 2 atom stereocenters. The molecule has 1 heterocycles. The molecule has 0 aromatic carbocycles. The molecule has 0 amide bonds. The molecule has 1 saturated heterocycles. The predicted octanol–water partition coefficient (Wildman–Crippen LogP) is 2.50. The predicted molar refractivity (Wildman–Crippen MR) is 69.6 cm³/mol. The second kappa shape index (κ2) is 6.02. The Hall–Kier alpha value is -0.0800. The molecule has 0 aromatic rings. The van der Waals surface area contributed by atoms with Gasteiger partial charge < -0.3 is 10.2 Å². The van der Waals surface area contributed by atoms with Gasteiger partial charge in [0.25, 0.3) is 0 Å². The van der Waals surface area contributed by atoms with Gasteiger partial charge >= 0.3 is 0 Å².